The first-order chi connectivity index (χ1) is 9.59. The van der Waals surface area contributed by atoms with Crippen LogP contribution in [-0.4, -0.2) is 30.2 Å². The van der Waals surface area contributed by atoms with E-state index < -0.39 is 23.6 Å². The van der Waals surface area contributed by atoms with Crippen molar-refractivity contribution in [3.05, 3.63) is 29.8 Å². The van der Waals surface area contributed by atoms with Crippen LogP contribution in [-0.2, 0) is 9.53 Å². The quantitative estimate of drug-likeness (QED) is 0.835. The second-order valence-electron chi connectivity index (χ2n) is 4.46. The highest BCUT2D eigenvalue weighted by Crippen LogP contribution is 2.29. The summed E-state index contributed by atoms with van der Waals surface area (Å²) in [6.07, 6.45) is -4.89. The zero-order valence-corrected chi connectivity index (χ0v) is 11.5. The van der Waals surface area contributed by atoms with Gasteiger partial charge in [0, 0.05) is 5.69 Å². The molecule has 0 spiro atoms. The molecule has 1 aromatic carbocycles. The molecule has 0 radical (unpaired) electrons. The molecule has 0 aromatic heterocycles. The maximum atomic E-state index is 12.6. The van der Waals surface area contributed by atoms with Crippen LogP contribution < -0.4 is 11.1 Å². The number of carbonyl (C=O) groups excluding carboxylic acids is 2. The molecule has 0 saturated heterocycles. The van der Waals surface area contributed by atoms with Gasteiger partial charge < -0.3 is 15.8 Å². The topological polar surface area (TPSA) is 81.4 Å². The molecule has 8 heteroatoms. The first-order valence-electron chi connectivity index (χ1n) is 6.04. The van der Waals surface area contributed by atoms with Gasteiger partial charge in [0.1, 0.15) is 0 Å². The molecule has 0 aliphatic rings. The molecule has 21 heavy (non-hydrogen) atoms. The number of amides is 1. The lowest BCUT2D eigenvalue weighted by molar-refractivity contribution is -0.184. The SMILES string of the molecule is CCOC(=O)c1cccc(NC(=O)C(C)(N)C(F)(F)F)c1. The Bertz CT molecular complexity index is 542. The zero-order chi connectivity index (χ0) is 16.3. The molecule has 3 N–H and O–H groups in total. The van der Waals surface area contributed by atoms with Crippen LogP contribution in [0.4, 0.5) is 18.9 Å². The first-order valence-corrected chi connectivity index (χ1v) is 6.04. The standard InChI is InChI=1S/C13H15F3N2O3/c1-3-21-10(19)8-5-4-6-9(7-8)18-11(20)12(2,17)13(14,15)16/h4-7H,3,17H2,1-2H3,(H,18,20). The summed E-state index contributed by atoms with van der Waals surface area (Å²) in [7, 11) is 0. The van der Waals surface area contributed by atoms with Gasteiger partial charge in [0.2, 0.25) is 0 Å². The van der Waals surface area contributed by atoms with E-state index in [9.17, 15) is 22.8 Å². The fourth-order valence-corrected chi connectivity index (χ4v) is 1.33. The largest absolute Gasteiger partial charge is 0.462 e. The highest BCUT2D eigenvalue weighted by atomic mass is 19.4. The molecule has 0 fully saturated rings. The third-order valence-electron chi connectivity index (χ3n) is 2.69. The lowest BCUT2D eigenvalue weighted by Crippen LogP contribution is -2.59. The molecule has 0 bridgehead atoms. The number of rotatable bonds is 4. The molecule has 0 heterocycles. The van der Waals surface area contributed by atoms with Gasteiger partial charge in [-0.1, -0.05) is 6.07 Å². The minimum absolute atomic E-state index is 0.0199. The average Bonchev–Trinajstić information content (AvgIpc) is 2.38. The molecule has 1 aromatic rings. The van der Waals surface area contributed by atoms with Crippen LogP contribution in [0.1, 0.15) is 24.2 Å². The summed E-state index contributed by atoms with van der Waals surface area (Å²) in [5.74, 6) is -2.06. The van der Waals surface area contributed by atoms with E-state index in [1.54, 1.807) is 6.92 Å². The number of nitrogens with two attached hydrogens (primary N) is 1. The summed E-state index contributed by atoms with van der Waals surface area (Å²) in [4.78, 5) is 23.1. The first kappa shape index (κ1) is 17.0. The summed E-state index contributed by atoms with van der Waals surface area (Å²) < 4.78 is 42.7. The molecular formula is C13H15F3N2O3. The molecular weight excluding hydrogens is 289 g/mol. The van der Waals surface area contributed by atoms with Crippen LogP contribution >= 0.6 is 0 Å². The summed E-state index contributed by atoms with van der Waals surface area (Å²) in [5, 5.41) is 2.03. The Morgan fingerprint density at radius 2 is 1.95 bits per heavy atom. The van der Waals surface area contributed by atoms with E-state index in [1.807, 2.05) is 5.32 Å². The van der Waals surface area contributed by atoms with Crippen molar-refractivity contribution in [2.45, 2.75) is 25.6 Å². The van der Waals surface area contributed by atoms with Crippen LogP contribution in [0.3, 0.4) is 0 Å². The molecule has 1 amide bonds. The van der Waals surface area contributed by atoms with E-state index in [0.29, 0.717) is 6.92 Å². The minimum atomic E-state index is -4.89. The Balaban J connectivity index is 2.92. The molecule has 1 rings (SSSR count). The van der Waals surface area contributed by atoms with E-state index in [-0.39, 0.29) is 17.9 Å². The van der Waals surface area contributed by atoms with Crippen LogP contribution in [0.2, 0.25) is 0 Å². The Kier molecular flexibility index (Phi) is 4.95. The second kappa shape index (κ2) is 6.13. The van der Waals surface area contributed by atoms with Crippen molar-refractivity contribution in [3.63, 3.8) is 0 Å². The minimum Gasteiger partial charge on any atom is -0.462 e. The van der Waals surface area contributed by atoms with E-state index in [1.165, 1.54) is 24.3 Å². The fourth-order valence-electron chi connectivity index (χ4n) is 1.33. The number of alkyl halides is 3. The fraction of sp³-hybridized carbons (Fsp3) is 0.385. The molecule has 5 nitrogen and oxygen atoms in total. The van der Waals surface area contributed by atoms with Gasteiger partial charge in [0.25, 0.3) is 5.91 Å². The van der Waals surface area contributed by atoms with Crippen LogP contribution in [0, 0.1) is 0 Å². The van der Waals surface area contributed by atoms with Crippen molar-refractivity contribution in [1.29, 1.82) is 0 Å². The van der Waals surface area contributed by atoms with Gasteiger partial charge in [-0.25, -0.2) is 4.79 Å². The van der Waals surface area contributed by atoms with Crippen molar-refractivity contribution in [3.8, 4) is 0 Å². The molecule has 1 unspecified atom stereocenters. The van der Waals surface area contributed by atoms with Gasteiger partial charge in [0.05, 0.1) is 12.2 Å². The van der Waals surface area contributed by atoms with Gasteiger partial charge in [-0.3, -0.25) is 4.79 Å². The van der Waals surface area contributed by atoms with Gasteiger partial charge >= 0.3 is 12.1 Å². The monoisotopic (exact) mass is 304 g/mol. The van der Waals surface area contributed by atoms with E-state index in [4.69, 9.17) is 10.5 Å². The lowest BCUT2D eigenvalue weighted by Gasteiger charge is -2.26. The van der Waals surface area contributed by atoms with Crippen LogP contribution in [0.5, 0.6) is 0 Å². The molecule has 116 valence electrons. The third kappa shape index (κ3) is 3.94. The van der Waals surface area contributed by atoms with E-state index >= 15 is 0 Å². The highest BCUT2D eigenvalue weighted by Gasteiger charge is 2.53. The second-order valence-corrected chi connectivity index (χ2v) is 4.46. The van der Waals surface area contributed by atoms with E-state index in [2.05, 4.69) is 0 Å². The summed E-state index contributed by atoms with van der Waals surface area (Å²) >= 11 is 0. The van der Waals surface area contributed by atoms with Crippen molar-refractivity contribution in [2.75, 3.05) is 11.9 Å². The van der Waals surface area contributed by atoms with Crippen molar-refractivity contribution < 1.29 is 27.5 Å². The highest BCUT2D eigenvalue weighted by molar-refractivity contribution is 5.99. The van der Waals surface area contributed by atoms with E-state index in [0.717, 1.165) is 0 Å². The number of esters is 1. The average molecular weight is 304 g/mol. The number of anilines is 1. The predicted molar refractivity (Wildman–Crippen MR) is 69.7 cm³/mol. The summed E-state index contributed by atoms with van der Waals surface area (Å²) in [6, 6.07) is 5.37. The number of hydrogen-bond donors (Lipinski definition) is 2. The normalized spacial score (nSPS) is 14.2. The Morgan fingerprint density at radius 1 is 1.33 bits per heavy atom. The van der Waals surface area contributed by atoms with Gasteiger partial charge in [0.15, 0.2) is 5.54 Å². The Morgan fingerprint density at radius 3 is 2.48 bits per heavy atom. The number of hydrogen-bond acceptors (Lipinski definition) is 4. The van der Waals surface area contributed by atoms with Gasteiger partial charge in [-0.2, -0.15) is 13.2 Å². The number of benzene rings is 1. The number of ether oxygens (including phenoxy) is 1. The number of carbonyl (C=O) groups is 2. The van der Waals surface area contributed by atoms with Gasteiger partial charge in [-0.05, 0) is 32.0 Å². The van der Waals surface area contributed by atoms with Crippen molar-refractivity contribution in [1.82, 2.24) is 0 Å². The Hall–Kier alpha value is -2.09. The summed E-state index contributed by atoms with van der Waals surface area (Å²) in [6.45, 7) is 2.34. The van der Waals surface area contributed by atoms with Crippen LogP contribution in [0.15, 0.2) is 24.3 Å². The number of halogens is 3. The lowest BCUT2D eigenvalue weighted by atomic mass is 10.0. The van der Waals surface area contributed by atoms with Crippen LogP contribution in [0.25, 0.3) is 0 Å². The maximum absolute atomic E-state index is 12.6. The maximum Gasteiger partial charge on any atom is 0.415 e. The summed E-state index contributed by atoms with van der Waals surface area (Å²) in [5.41, 5.74) is 2.10. The molecule has 0 aliphatic heterocycles. The smallest absolute Gasteiger partial charge is 0.415 e. The zero-order valence-electron chi connectivity index (χ0n) is 11.5. The molecule has 0 saturated carbocycles. The third-order valence-corrected chi connectivity index (χ3v) is 2.69. The molecule has 1 atom stereocenters. The van der Waals surface area contributed by atoms with Gasteiger partial charge in [-0.15, -0.1) is 0 Å². The Labute approximate surface area is 119 Å². The molecule has 0 aliphatic carbocycles. The predicted octanol–water partition coefficient (Wildman–Crippen LogP) is 2.08. The van der Waals surface area contributed by atoms with Crippen molar-refractivity contribution in [2.24, 2.45) is 5.73 Å². The number of nitrogens with one attached hydrogen (secondary N) is 1. The van der Waals surface area contributed by atoms with Crippen molar-refractivity contribution >= 4 is 17.6 Å².